The van der Waals surface area contributed by atoms with Crippen molar-refractivity contribution in [3.05, 3.63) is 64.8 Å². The standard InChI is InChI=1S/C30H38N8O5/c1-20-27-25(43-34-20)16-31-28(40)24-14-23(38-18-22(19-42-2)33-35-38)8-11-37(24)26(39)15-30(32-29(27)41)9-12-36(13-10-30)17-21-6-4-3-5-7-21/h3-7,18,23-24H,8-17,19H2,1-2H3,(H,31,40)(H,32,41)/t23-,24+/m1/s1. The zero-order valence-electron chi connectivity index (χ0n) is 24.6. The summed E-state index contributed by atoms with van der Waals surface area (Å²) in [5, 5.41) is 18.6. The normalized spacial score (nSPS) is 23.1. The maximum atomic E-state index is 14.1. The van der Waals surface area contributed by atoms with Crippen molar-refractivity contribution in [2.24, 2.45) is 0 Å². The molecule has 6 rings (SSSR count). The molecule has 0 unspecified atom stereocenters. The topological polar surface area (TPSA) is 148 Å². The summed E-state index contributed by atoms with van der Waals surface area (Å²) in [6.45, 7) is 4.68. The van der Waals surface area contributed by atoms with E-state index in [2.05, 4.69) is 43.1 Å². The number of fused-ring (bicyclic) bond motifs is 2. The van der Waals surface area contributed by atoms with Crippen LogP contribution in [0.25, 0.3) is 0 Å². The third-order valence-corrected chi connectivity index (χ3v) is 8.94. The molecule has 0 saturated carbocycles. The zero-order chi connectivity index (χ0) is 30.0. The van der Waals surface area contributed by atoms with E-state index in [-0.39, 0.29) is 36.7 Å². The lowest BCUT2D eigenvalue weighted by atomic mass is 9.82. The van der Waals surface area contributed by atoms with Gasteiger partial charge in [-0.25, -0.2) is 4.68 Å². The van der Waals surface area contributed by atoms with Crippen LogP contribution in [0.3, 0.4) is 0 Å². The minimum atomic E-state index is -0.764. The third-order valence-electron chi connectivity index (χ3n) is 8.94. The van der Waals surface area contributed by atoms with Crippen molar-refractivity contribution in [3.63, 3.8) is 0 Å². The monoisotopic (exact) mass is 590 g/mol. The summed E-state index contributed by atoms with van der Waals surface area (Å²) in [5.74, 6) is -0.479. The Labute approximate surface area is 249 Å². The molecule has 228 valence electrons. The second kappa shape index (κ2) is 12.3. The largest absolute Gasteiger partial charge is 0.378 e. The molecule has 0 bridgehead atoms. The average Bonchev–Trinajstić information content (AvgIpc) is 3.63. The van der Waals surface area contributed by atoms with Crippen LogP contribution in [-0.2, 0) is 34.0 Å². The van der Waals surface area contributed by atoms with E-state index in [4.69, 9.17) is 9.26 Å². The zero-order valence-corrected chi connectivity index (χ0v) is 24.6. The predicted molar refractivity (Wildman–Crippen MR) is 153 cm³/mol. The molecule has 13 nitrogen and oxygen atoms in total. The molecule has 2 N–H and O–H groups in total. The summed E-state index contributed by atoms with van der Waals surface area (Å²) < 4.78 is 12.4. The molecule has 3 aliphatic rings. The first-order chi connectivity index (χ1) is 20.8. The minimum absolute atomic E-state index is 0.00914. The van der Waals surface area contributed by atoms with Gasteiger partial charge in [-0.2, -0.15) is 0 Å². The molecule has 2 aromatic heterocycles. The van der Waals surface area contributed by atoms with Gasteiger partial charge in [0.05, 0.1) is 43.0 Å². The Morgan fingerprint density at radius 1 is 1.12 bits per heavy atom. The number of hydrogen-bond donors (Lipinski definition) is 2. The van der Waals surface area contributed by atoms with Gasteiger partial charge in [0.25, 0.3) is 5.91 Å². The molecule has 1 spiro atoms. The van der Waals surface area contributed by atoms with E-state index in [1.807, 2.05) is 24.4 Å². The second-order valence-electron chi connectivity index (χ2n) is 11.9. The van der Waals surface area contributed by atoms with Crippen LogP contribution < -0.4 is 10.6 Å². The van der Waals surface area contributed by atoms with Crippen molar-refractivity contribution >= 4 is 17.7 Å². The van der Waals surface area contributed by atoms with Crippen LogP contribution in [0.5, 0.6) is 0 Å². The van der Waals surface area contributed by atoms with Gasteiger partial charge in [0.15, 0.2) is 5.76 Å². The lowest BCUT2D eigenvalue weighted by Gasteiger charge is -2.45. The minimum Gasteiger partial charge on any atom is -0.378 e. The Morgan fingerprint density at radius 2 is 1.91 bits per heavy atom. The highest BCUT2D eigenvalue weighted by atomic mass is 16.5. The van der Waals surface area contributed by atoms with Crippen molar-refractivity contribution in [1.29, 1.82) is 0 Å². The number of carbonyl (C=O) groups excluding carboxylic acids is 3. The van der Waals surface area contributed by atoms with E-state index in [0.29, 0.717) is 61.5 Å². The average molecular weight is 591 g/mol. The van der Waals surface area contributed by atoms with Gasteiger partial charge >= 0.3 is 0 Å². The van der Waals surface area contributed by atoms with Crippen LogP contribution in [0.4, 0.5) is 0 Å². The fraction of sp³-hybridized carbons (Fsp3) is 0.533. The first kappa shape index (κ1) is 29.0. The van der Waals surface area contributed by atoms with Gasteiger partial charge in [-0.3, -0.25) is 19.3 Å². The summed E-state index contributed by atoms with van der Waals surface area (Å²) in [7, 11) is 1.60. The molecule has 0 aliphatic carbocycles. The van der Waals surface area contributed by atoms with E-state index in [9.17, 15) is 14.4 Å². The third kappa shape index (κ3) is 6.18. The van der Waals surface area contributed by atoms with E-state index < -0.39 is 11.6 Å². The molecule has 5 heterocycles. The van der Waals surface area contributed by atoms with Crippen molar-refractivity contribution in [3.8, 4) is 0 Å². The first-order valence-electron chi connectivity index (χ1n) is 14.8. The van der Waals surface area contributed by atoms with Crippen LogP contribution >= 0.6 is 0 Å². The lowest BCUT2D eigenvalue weighted by Crippen LogP contribution is -2.60. The molecule has 2 atom stereocenters. The predicted octanol–water partition coefficient (Wildman–Crippen LogP) is 1.74. The number of methoxy groups -OCH3 is 1. The van der Waals surface area contributed by atoms with Crippen molar-refractivity contribution < 1.29 is 23.6 Å². The molecule has 13 heteroatoms. The molecular weight excluding hydrogens is 552 g/mol. The summed E-state index contributed by atoms with van der Waals surface area (Å²) in [4.78, 5) is 45.4. The van der Waals surface area contributed by atoms with E-state index in [0.717, 1.165) is 19.6 Å². The number of nitrogens with zero attached hydrogens (tertiary/aromatic N) is 6. The molecular formula is C30H38N8O5. The van der Waals surface area contributed by atoms with Crippen molar-refractivity contribution in [1.82, 2.24) is 40.6 Å². The maximum absolute atomic E-state index is 14.1. The van der Waals surface area contributed by atoms with Crippen LogP contribution in [-0.4, -0.2) is 86.0 Å². The van der Waals surface area contributed by atoms with Crippen molar-refractivity contribution in [2.75, 3.05) is 26.7 Å². The maximum Gasteiger partial charge on any atom is 0.257 e. The number of piperidine rings is 2. The van der Waals surface area contributed by atoms with Gasteiger partial charge in [0.2, 0.25) is 11.8 Å². The van der Waals surface area contributed by atoms with Crippen LogP contribution in [0.2, 0.25) is 0 Å². The van der Waals surface area contributed by atoms with Gasteiger partial charge in [0, 0.05) is 33.3 Å². The fourth-order valence-corrected chi connectivity index (χ4v) is 6.57. The highest BCUT2D eigenvalue weighted by molar-refractivity contribution is 5.97. The number of hydrogen-bond acceptors (Lipinski definition) is 9. The van der Waals surface area contributed by atoms with Crippen LogP contribution in [0.15, 0.2) is 41.1 Å². The summed E-state index contributed by atoms with van der Waals surface area (Å²) in [6, 6.07) is 9.46. The fourth-order valence-electron chi connectivity index (χ4n) is 6.57. The number of benzene rings is 1. The van der Waals surface area contributed by atoms with Gasteiger partial charge in [-0.15, -0.1) is 5.10 Å². The van der Waals surface area contributed by atoms with Gasteiger partial charge < -0.3 is 24.8 Å². The Balaban J connectivity index is 1.26. The highest BCUT2D eigenvalue weighted by Gasteiger charge is 2.44. The molecule has 3 aromatic rings. The highest BCUT2D eigenvalue weighted by Crippen LogP contribution is 2.33. The van der Waals surface area contributed by atoms with Gasteiger partial charge in [-0.05, 0) is 38.2 Å². The van der Waals surface area contributed by atoms with E-state index in [1.54, 1.807) is 23.6 Å². The first-order valence-corrected chi connectivity index (χ1v) is 14.8. The Morgan fingerprint density at radius 3 is 2.67 bits per heavy atom. The van der Waals surface area contributed by atoms with E-state index >= 15 is 0 Å². The molecule has 2 fully saturated rings. The van der Waals surface area contributed by atoms with Gasteiger partial charge in [0.1, 0.15) is 17.3 Å². The molecule has 43 heavy (non-hydrogen) atoms. The SMILES string of the molecule is COCc1cn([C@@H]2CCN3C(=O)CC4(CCN(Cc5ccccc5)CC4)NC(=O)c4c(C)noc4CNC(=O)[C@@H]3C2)nn1. The smallest absolute Gasteiger partial charge is 0.257 e. The number of rotatable bonds is 5. The van der Waals surface area contributed by atoms with E-state index in [1.165, 1.54) is 5.56 Å². The molecule has 0 radical (unpaired) electrons. The number of ether oxygens (including phenoxy) is 1. The number of aromatic nitrogens is 4. The molecule has 2 saturated heterocycles. The second-order valence-corrected chi connectivity index (χ2v) is 11.9. The number of nitrogens with one attached hydrogen (secondary N) is 2. The quantitative estimate of drug-likeness (QED) is 0.453. The Bertz CT molecular complexity index is 1460. The number of amides is 3. The summed E-state index contributed by atoms with van der Waals surface area (Å²) in [6.07, 6.45) is 4.15. The summed E-state index contributed by atoms with van der Waals surface area (Å²) >= 11 is 0. The number of carbonyl (C=O) groups is 3. The molecule has 1 aromatic carbocycles. The lowest BCUT2D eigenvalue weighted by molar-refractivity contribution is -0.145. The van der Waals surface area contributed by atoms with Crippen LogP contribution in [0, 0.1) is 6.92 Å². The number of likely N-dealkylation sites (tertiary alicyclic amines) is 1. The Hall–Kier alpha value is -4.10. The Kier molecular flexibility index (Phi) is 8.26. The summed E-state index contributed by atoms with van der Waals surface area (Å²) in [5.41, 5.74) is 1.92. The molecule has 3 amide bonds. The number of aryl methyl sites for hydroxylation is 1. The molecule has 3 aliphatic heterocycles. The van der Waals surface area contributed by atoms with Crippen molar-refractivity contribution in [2.45, 2.75) is 76.3 Å². The van der Waals surface area contributed by atoms with Crippen LogP contribution in [0.1, 0.15) is 71.2 Å². The van der Waals surface area contributed by atoms with Gasteiger partial charge in [-0.1, -0.05) is 40.7 Å².